The lowest BCUT2D eigenvalue weighted by molar-refractivity contribution is -0.141. The Bertz CT molecular complexity index is 605. The third kappa shape index (κ3) is 2.10. The Balaban J connectivity index is 3.66. The molecule has 1 unspecified atom stereocenters. The Labute approximate surface area is 95.9 Å². The van der Waals surface area contributed by atoms with E-state index in [-0.39, 0.29) is 17.7 Å². The third-order valence-corrected chi connectivity index (χ3v) is 2.48. The molecule has 0 amide bonds. The first-order valence-electron chi connectivity index (χ1n) is 4.92. The van der Waals surface area contributed by atoms with Crippen LogP contribution in [0.25, 0.3) is 0 Å². The van der Waals surface area contributed by atoms with Crippen LogP contribution < -0.4 is 11.2 Å². The minimum atomic E-state index is -1.19. The monoisotopic (exact) mass is 237 g/mol. The van der Waals surface area contributed by atoms with E-state index in [0.717, 1.165) is 4.57 Å². The lowest BCUT2D eigenvalue weighted by Crippen LogP contribution is -2.38. The van der Waals surface area contributed by atoms with Gasteiger partial charge in [0.2, 0.25) is 0 Å². The summed E-state index contributed by atoms with van der Waals surface area (Å²) < 4.78 is 0.919. The molecule has 1 aromatic rings. The number of aliphatic carboxylic acids is 1. The number of nitrogens with one attached hydrogen (secondary N) is 1. The molecule has 1 rings (SSSR count). The zero-order valence-electron chi connectivity index (χ0n) is 9.35. The van der Waals surface area contributed by atoms with Crippen LogP contribution in [0, 0.1) is 18.3 Å². The lowest BCUT2D eigenvalue weighted by Gasteiger charge is -2.16. The van der Waals surface area contributed by atoms with Gasteiger partial charge in [0.15, 0.2) is 0 Å². The first kappa shape index (κ1) is 12.7. The van der Waals surface area contributed by atoms with Crippen molar-refractivity contribution >= 4 is 5.97 Å². The van der Waals surface area contributed by atoms with Crippen LogP contribution in [0.1, 0.15) is 30.6 Å². The number of rotatable bonds is 3. The second kappa shape index (κ2) is 4.65. The summed E-state index contributed by atoms with van der Waals surface area (Å²) in [5.41, 5.74) is -1.80. The Morgan fingerprint density at radius 3 is 2.59 bits per heavy atom. The Morgan fingerprint density at radius 2 is 2.18 bits per heavy atom. The molecule has 0 saturated heterocycles. The van der Waals surface area contributed by atoms with Gasteiger partial charge >= 0.3 is 11.7 Å². The van der Waals surface area contributed by atoms with E-state index in [9.17, 15) is 14.4 Å². The van der Waals surface area contributed by atoms with Crippen LogP contribution >= 0.6 is 0 Å². The maximum absolute atomic E-state index is 11.6. The fourth-order valence-corrected chi connectivity index (χ4v) is 1.63. The molecule has 7 nitrogen and oxygen atoms in total. The summed E-state index contributed by atoms with van der Waals surface area (Å²) in [5, 5.41) is 17.7. The zero-order chi connectivity index (χ0) is 13.2. The summed E-state index contributed by atoms with van der Waals surface area (Å²) in [6.07, 6.45) is 0.174. The number of H-pyrrole nitrogens is 1. The van der Waals surface area contributed by atoms with Crippen molar-refractivity contribution in [3.05, 3.63) is 32.1 Å². The Kier molecular flexibility index (Phi) is 3.48. The summed E-state index contributed by atoms with van der Waals surface area (Å²) in [7, 11) is 0. The van der Waals surface area contributed by atoms with Crippen molar-refractivity contribution in [2.75, 3.05) is 0 Å². The molecular formula is C10H11N3O4. The molecule has 90 valence electrons. The zero-order valence-corrected chi connectivity index (χ0v) is 9.35. The van der Waals surface area contributed by atoms with E-state index in [2.05, 4.69) is 0 Å². The van der Waals surface area contributed by atoms with Crippen molar-refractivity contribution in [1.82, 2.24) is 9.55 Å². The van der Waals surface area contributed by atoms with E-state index in [1.807, 2.05) is 4.98 Å². The van der Waals surface area contributed by atoms with Gasteiger partial charge in [-0.1, -0.05) is 6.92 Å². The SMILES string of the molecule is CCC(C(=O)O)n1c(C)c(C#N)c(=O)[nH]c1=O. The normalized spacial score (nSPS) is 11.8. The molecule has 0 radical (unpaired) electrons. The molecule has 2 N–H and O–H groups in total. The van der Waals surface area contributed by atoms with Gasteiger partial charge in [-0.2, -0.15) is 5.26 Å². The number of carboxylic acids is 1. The van der Waals surface area contributed by atoms with E-state index in [1.165, 1.54) is 6.92 Å². The van der Waals surface area contributed by atoms with Crippen LogP contribution in [0.15, 0.2) is 9.59 Å². The van der Waals surface area contributed by atoms with Gasteiger partial charge in [-0.15, -0.1) is 0 Å². The van der Waals surface area contributed by atoms with Crippen LogP contribution in [0.3, 0.4) is 0 Å². The van der Waals surface area contributed by atoms with E-state index < -0.39 is 23.3 Å². The molecule has 17 heavy (non-hydrogen) atoms. The smallest absolute Gasteiger partial charge is 0.329 e. The topological polar surface area (TPSA) is 116 Å². The van der Waals surface area contributed by atoms with Crippen molar-refractivity contribution in [3.8, 4) is 6.07 Å². The number of nitrogens with zero attached hydrogens (tertiary/aromatic N) is 2. The average Bonchev–Trinajstić information content (AvgIpc) is 2.23. The molecule has 0 aliphatic carbocycles. The standard InChI is InChI=1S/C10H11N3O4/c1-3-7(9(15)16)13-5(2)6(4-11)8(14)12-10(13)17/h7H,3H2,1-2H3,(H,15,16)(H,12,14,17). The van der Waals surface area contributed by atoms with E-state index in [4.69, 9.17) is 10.4 Å². The van der Waals surface area contributed by atoms with E-state index in [1.54, 1.807) is 13.0 Å². The van der Waals surface area contributed by atoms with Crippen LogP contribution in [-0.4, -0.2) is 20.6 Å². The van der Waals surface area contributed by atoms with Gasteiger partial charge in [0.25, 0.3) is 5.56 Å². The first-order chi connectivity index (χ1) is 7.93. The molecule has 0 saturated carbocycles. The summed E-state index contributed by atoms with van der Waals surface area (Å²) >= 11 is 0. The first-order valence-corrected chi connectivity index (χ1v) is 4.92. The van der Waals surface area contributed by atoms with Crippen molar-refractivity contribution in [1.29, 1.82) is 5.26 Å². The number of aromatic nitrogens is 2. The van der Waals surface area contributed by atoms with Crippen LogP contribution in [0.5, 0.6) is 0 Å². The molecule has 1 heterocycles. The maximum atomic E-state index is 11.6. The number of carbonyl (C=O) groups is 1. The van der Waals surface area contributed by atoms with Crippen molar-refractivity contribution in [2.45, 2.75) is 26.3 Å². The molecule has 0 fully saturated rings. The summed E-state index contributed by atoms with van der Waals surface area (Å²) in [6.45, 7) is 2.97. The van der Waals surface area contributed by atoms with Crippen molar-refractivity contribution in [2.24, 2.45) is 0 Å². The number of aromatic amines is 1. The highest BCUT2D eigenvalue weighted by Gasteiger charge is 2.22. The van der Waals surface area contributed by atoms with Gasteiger partial charge in [-0.3, -0.25) is 14.3 Å². The molecule has 1 atom stereocenters. The highest BCUT2D eigenvalue weighted by molar-refractivity contribution is 5.72. The van der Waals surface area contributed by atoms with Crippen LogP contribution in [-0.2, 0) is 4.79 Å². The van der Waals surface area contributed by atoms with Crippen molar-refractivity contribution < 1.29 is 9.90 Å². The number of carboxylic acid groups (broad SMARTS) is 1. The summed E-state index contributed by atoms with van der Waals surface area (Å²) in [6, 6.07) is 0.561. The Morgan fingerprint density at radius 1 is 1.59 bits per heavy atom. The van der Waals surface area contributed by atoms with Gasteiger partial charge in [0.1, 0.15) is 17.7 Å². The summed E-state index contributed by atoms with van der Waals surface area (Å²) in [4.78, 5) is 35.8. The Hall–Kier alpha value is -2.36. The highest BCUT2D eigenvalue weighted by atomic mass is 16.4. The van der Waals surface area contributed by atoms with Gasteiger partial charge in [0.05, 0.1) is 0 Å². The fourth-order valence-electron chi connectivity index (χ4n) is 1.63. The molecule has 0 aliphatic rings. The number of hydrogen-bond acceptors (Lipinski definition) is 4. The third-order valence-electron chi connectivity index (χ3n) is 2.48. The minimum Gasteiger partial charge on any atom is -0.480 e. The lowest BCUT2D eigenvalue weighted by atomic mass is 10.2. The van der Waals surface area contributed by atoms with Gasteiger partial charge in [-0.05, 0) is 13.3 Å². The number of nitriles is 1. The molecule has 0 spiro atoms. The molecule has 0 bridgehead atoms. The van der Waals surface area contributed by atoms with Gasteiger partial charge < -0.3 is 5.11 Å². The predicted molar refractivity (Wildman–Crippen MR) is 57.7 cm³/mol. The second-order valence-electron chi connectivity index (χ2n) is 3.46. The molecule has 0 aromatic carbocycles. The molecule has 1 aromatic heterocycles. The van der Waals surface area contributed by atoms with Gasteiger partial charge in [0, 0.05) is 5.69 Å². The largest absolute Gasteiger partial charge is 0.480 e. The van der Waals surface area contributed by atoms with Crippen LogP contribution in [0.4, 0.5) is 0 Å². The van der Waals surface area contributed by atoms with Crippen molar-refractivity contribution in [3.63, 3.8) is 0 Å². The molecule has 0 aliphatic heterocycles. The fraction of sp³-hybridized carbons (Fsp3) is 0.400. The molecular weight excluding hydrogens is 226 g/mol. The maximum Gasteiger partial charge on any atom is 0.329 e. The summed E-state index contributed by atoms with van der Waals surface area (Å²) in [5.74, 6) is -1.19. The predicted octanol–water partition coefficient (Wildman–Crippen LogP) is -0.248. The highest BCUT2D eigenvalue weighted by Crippen LogP contribution is 2.12. The number of hydrogen-bond donors (Lipinski definition) is 2. The van der Waals surface area contributed by atoms with Gasteiger partial charge in [-0.25, -0.2) is 9.59 Å². The van der Waals surface area contributed by atoms with Crippen LogP contribution in [0.2, 0.25) is 0 Å². The molecule has 7 heteroatoms. The second-order valence-corrected chi connectivity index (χ2v) is 3.46. The van der Waals surface area contributed by atoms with E-state index >= 15 is 0 Å². The van der Waals surface area contributed by atoms with E-state index in [0.29, 0.717) is 0 Å². The average molecular weight is 237 g/mol. The minimum absolute atomic E-state index is 0.0653. The quantitative estimate of drug-likeness (QED) is 0.752.